The molecule has 0 radical (unpaired) electrons. The van der Waals surface area contributed by atoms with Crippen molar-refractivity contribution in [1.29, 1.82) is 0 Å². The van der Waals surface area contributed by atoms with E-state index in [1.807, 2.05) is 31.2 Å². The second kappa shape index (κ2) is 8.33. The van der Waals surface area contributed by atoms with Crippen molar-refractivity contribution in [2.24, 2.45) is 5.10 Å². The summed E-state index contributed by atoms with van der Waals surface area (Å²) in [5, 5.41) is 4.43. The fourth-order valence-corrected chi connectivity index (χ4v) is 4.96. The molecule has 1 N–H and O–H groups in total. The molecule has 3 aromatic rings. The van der Waals surface area contributed by atoms with Crippen LogP contribution in [0.1, 0.15) is 28.9 Å². The number of benzene rings is 3. The van der Waals surface area contributed by atoms with Gasteiger partial charge < -0.3 is 0 Å². The van der Waals surface area contributed by atoms with Gasteiger partial charge in [0.1, 0.15) is 0 Å². The minimum atomic E-state index is -0.0961. The van der Waals surface area contributed by atoms with Gasteiger partial charge in [-0.05, 0) is 46.9 Å². The van der Waals surface area contributed by atoms with E-state index in [9.17, 15) is 4.79 Å². The van der Waals surface area contributed by atoms with Gasteiger partial charge in [-0.2, -0.15) is 5.10 Å². The summed E-state index contributed by atoms with van der Waals surface area (Å²) >= 11 is 5.09. The molecule has 0 aliphatic heterocycles. The Kier molecular flexibility index (Phi) is 5.64. The van der Waals surface area contributed by atoms with E-state index in [2.05, 4.69) is 75.0 Å². The number of carbonyl (C=O) groups is 1. The number of nitrogens with one attached hydrogen (secondary N) is 1. The number of hydrogen-bond donors (Lipinski definition) is 1. The fourth-order valence-electron chi connectivity index (χ4n) is 3.40. The largest absolute Gasteiger partial charge is 0.272 e. The van der Waals surface area contributed by atoms with Crippen LogP contribution < -0.4 is 5.43 Å². The summed E-state index contributed by atoms with van der Waals surface area (Å²) < 4.78 is 0.986. The number of fused-ring (bicyclic) bond motifs is 3. The van der Waals surface area contributed by atoms with Crippen molar-refractivity contribution in [3.8, 4) is 11.1 Å². The number of halogens is 1. The van der Waals surface area contributed by atoms with Crippen LogP contribution in [0.25, 0.3) is 11.1 Å². The normalized spacial score (nSPS) is 13.1. The summed E-state index contributed by atoms with van der Waals surface area (Å²) in [6.45, 7) is 1.89. The van der Waals surface area contributed by atoms with Gasteiger partial charge in [-0.3, -0.25) is 4.79 Å². The molecule has 140 valence electrons. The van der Waals surface area contributed by atoms with Crippen LogP contribution in [-0.4, -0.2) is 17.4 Å². The molecule has 1 aliphatic rings. The van der Waals surface area contributed by atoms with E-state index in [0.29, 0.717) is 5.75 Å². The van der Waals surface area contributed by atoms with E-state index < -0.39 is 0 Å². The molecule has 0 aromatic heterocycles. The number of carbonyl (C=O) groups excluding carboxylic acids is 1. The third-order valence-corrected chi connectivity index (χ3v) is 6.51. The molecule has 0 unspecified atom stereocenters. The third-order valence-electron chi connectivity index (χ3n) is 4.75. The van der Waals surface area contributed by atoms with Gasteiger partial charge in [0.05, 0.1) is 16.7 Å². The fraction of sp³-hybridized carbons (Fsp3) is 0.130. The Hall–Kier alpha value is -2.37. The SMILES string of the molecule is C/C(=N\NC(=O)CSC1c2ccccc2-c2ccccc21)c1cccc(Br)c1. The van der Waals surface area contributed by atoms with Crippen molar-refractivity contribution in [1.82, 2.24) is 5.43 Å². The summed E-state index contributed by atoms with van der Waals surface area (Å²) in [4.78, 5) is 12.4. The van der Waals surface area contributed by atoms with Gasteiger partial charge in [0.25, 0.3) is 0 Å². The van der Waals surface area contributed by atoms with Crippen molar-refractivity contribution in [2.75, 3.05) is 5.75 Å². The van der Waals surface area contributed by atoms with E-state index in [-0.39, 0.29) is 11.2 Å². The lowest BCUT2D eigenvalue weighted by Crippen LogP contribution is -2.21. The van der Waals surface area contributed by atoms with E-state index in [1.165, 1.54) is 22.3 Å². The van der Waals surface area contributed by atoms with Gasteiger partial charge in [0, 0.05) is 4.47 Å². The number of nitrogens with zero attached hydrogens (tertiary/aromatic N) is 1. The van der Waals surface area contributed by atoms with E-state index in [4.69, 9.17) is 0 Å². The predicted molar refractivity (Wildman–Crippen MR) is 121 cm³/mol. The van der Waals surface area contributed by atoms with Crippen LogP contribution in [0.15, 0.2) is 82.4 Å². The van der Waals surface area contributed by atoms with Crippen LogP contribution in [0.4, 0.5) is 0 Å². The topological polar surface area (TPSA) is 41.5 Å². The summed E-state index contributed by atoms with van der Waals surface area (Å²) in [6.07, 6.45) is 0. The highest BCUT2D eigenvalue weighted by Crippen LogP contribution is 2.49. The maximum absolute atomic E-state index is 12.4. The van der Waals surface area contributed by atoms with Crippen LogP contribution in [0, 0.1) is 0 Å². The Morgan fingerprint density at radius 1 is 1.00 bits per heavy atom. The molecule has 0 fully saturated rings. The zero-order valence-electron chi connectivity index (χ0n) is 15.4. The third kappa shape index (κ3) is 3.91. The average molecular weight is 451 g/mol. The lowest BCUT2D eigenvalue weighted by Gasteiger charge is -2.12. The van der Waals surface area contributed by atoms with Crippen molar-refractivity contribution < 1.29 is 4.79 Å². The molecule has 0 bridgehead atoms. The molecular formula is C23H19BrN2OS. The highest BCUT2D eigenvalue weighted by atomic mass is 79.9. The van der Waals surface area contributed by atoms with E-state index in [1.54, 1.807) is 11.8 Å². The maximum atomic E-state index is 12.4. The van der Waals surface area contributed by atoms with Gasteiger partial charge >= 0.3 is 0 Å². The van der Waals surface area contributed by atoms with Crippen LogP contribution in [0.5, 0.6) is 0 Å². The Morgan fingerprint density at radius 3 is 2.29 bits per heavy atom. The number of rotatable bonds is 5. The van der Waals surface area contributed by atoms with Crippen molar-refractivity contribution in [3.63, 3.8) is 0 Å². The van der Waals surface area contributed by atoms with Crippen molar-refractivity contribution >= 4 is 39.3 Å². The Balaban J connectivity index is 1.43. The number of amides is 1. The zero-order valence-corrected chi connectivity index (χ0v) is 17.8. The summed E-state index contributed by atoms with van der Waals surface area (Å²) in [6, 6.07) is 24.7. The zero-order chi connectivity index (χ0) is 19.5. The van der Waals surface area contributed by atoms with Crippen LogP contribution in [0.3, 0.4) is 0 Å². The molecule has 0 spiro atoms. The van der Waals surface area contributed by atoms with Gasteiger partial charge in [-0.1, -0.05) is 76.6 Å². The standard InChI is InChI=1S/C23H19BrN2OS/c1-15(16-7-6-8-17(24)13-16)25-26-22(27)14-28-23-20-11-4-2-9-18(20)19-10-3-5-12-21(19)23/h2-13,23H,14H2,1H3,(H,26,27)/b25-15+. The molecule has 0 atom stereocenters. The second-order valence-corrected chi connectivity index (χ2v) is 8.62. The molecule has 1 aliphatic carbocycles. The molecule has 3 aromatic carbocycles. The summed E-state index contributed by atoms with van der Waals surface area (Å²) in [5.74, 6) is 0.254. The maximum Gasteiger partial charge on any atom is 0.250 e. The Labute approximate surface area is 177 Å². The first kappa shape index (κ1) is 19.0. The minimum absolute atomic E-state index is 0.0961. The molecule has 1 amide bonds. The quantitative estimate of drug-likeness (QED) is 0.394. The van der Waals surface area contributed by atoms with Gasteiger partial charge in [-0.15, -0.1) is 11.8 Å². The van der Waals surface area contributed by atoms with Gasteiger partial charge in [-0.25, -0.2) is 5.43 Å². The first-order valence-corrected chi connectivity index (χ1v) is 10.9. The predicted octanol–water partition coefficient (Wildman–Crippen LogP) is 5.79. The van der Waals surface area contributed by atoms with Crippen LogP contribution in [0.2, 0.25) is 0 Å². The van der Waals surface area contributed by atoms with Crippen molar-refractivity contribution in [3.05, 3.63) is 94.0 Å². The lowest BCUT2D eigenvalue weighted by atomic mass is 10.1. The molecule has 0 heterocycles. The summed E-state index contributed by atoms with van der Waals surface area (Å²) in [7, 11) is 0. The van der Waals surface area contributed by atoms with E-state index >= 15 is 0 Å². The Bertz CT molecular complexity index is 1020. The van der Waals surface area contributed by atoms with Gasteiger partial charge in [0.2, 0.25) is 5.91 Å². The van der Waals surface area contributed by atoms with Crippen LogP contribution in [-0.2, 0) is 4.79 Å². The number of thioether (sulfide) groups is 1. The first-order valence-electron chi connectivity index (χ1n) is 9.02. The highest BCUT2D eigenvalue weighted by molar-refractivity contribution is 9.10. The number of hydrazone groups is 1. The lowest BCUT2D eigenvalue weighted by molar-refractivity contribution is -0.118. The van der Waals surface area contributed by atoms with Crippen molar-refractivity contribution in [2.45, 2.75) is 12.2 Å². The minimum Gasteiger partial charge on any atom is -0.272 e. The smallest absolute Gasteiger partial charge is 0.250 e. The molecule has 0 saturated carbocycles. The van der Waals surface area contributed by atoms with Gasteiger partial charge in [0.15, 0.2) is 0 Å². The highest BCUT2D eigenvalue weighted by Gasteiger charge is 2.28. The molecule has 0 saturated heterocycles. The van der Waals surface area contributed by atoms with E-state index in [0.717, 1.165) is 15.7 Å². The average Bonchev–Trinajstić information content (AvgIpc) is 3.04. The number of hydrogen-bond acceptors (Lipinski definition) is 3. The monoisotopic (exact) mass is 450 g/mol. The first-order chi connectivity index (χ1) is 13.6. The van der Waals surface area contributed by atoms with Crippen LogP contribution >= 0.6 is 27.7 Å². The molecule has 4 rings (SSSR count). The molecule has 28 heavy (non-hydrogen) atoms. The molecule has 3 nitrogen and oxygen atoms in total. The second-order valence-electron chi connectivity index (χ2n) is 6.61. The molecule has 5 heteroatoms. The molecular weight excluding hydrogens is 432 g/mol. The summed E-state index contributed by atoms with van der Waals surface area (Å²) in [5.41, 5.74) is 9.51. The Morgan fingerprint density at radius 2 is 1.64 bits per heavy atom.